The number of nitrogens with one attached hydrogen (secondary N) is 2. The van der Waals surface area contributed by atoms with Crippen molar-refractivity contribution in [1.29, 1.82) is 5.26 Å². The zero-order valence-corrected chi connectivity index (χ0v) is 15.8. The third-order valence-corrected chi connectivity index (χ3v) is 7.91. The van der Waals surface area contributed by atoms with Gasteiger partial charge in [0.1, 0.15) is 17.8 Å². The molecule has 1 saturated heterocycles. The Bertz CT molecular complexity index is 1040. The smallest absolute Gasteiger partial charge is 0.279 e. The number of H-pyrrole nitrogens is 1. The highest BCUT2D eigenvalue weighted by molar-refractivity contribution is 7.87. The van der Waals surface area contributed by atoms with E-state index >= 15 is 0 Å². The van der Waals surface area contributed by atoms with Crippen LogP contribution in [0.3, 0.4) is 0 Å². The first-order chi connectivity index (χ1) is 12.9. The lowest BCUT2D eigenvalue weighted by atomic mass is 9.86. The summed E-state index contributed by atoms with van der Waals surface area (Å²) in [5.41, 5.74) is 0.369. The van der Waals surface area contributed by atoms with Gasteiger partial charge < -0.3 is 9.88 Å². The van der Waals surface area contributed by atoms with E-state index in [1.165, 1.54) is 10.6 Å². The Morgan fingerprint density at radius 1 is 1.44 bits per heavy atom. The third-order valence-electron chi connectivity index (χ3n) is 6.32. The van der Waals surface area contributed by atoms with Gasteiger partial charge in [-0.25, -0.2) is 9.97 Å². The van der Waals surface area contributed by atoms with Gasteiger partial charge in [-0.3, -0.25) is 0 Å². The SMILES string of the molecule is CN(c1ncnc2[nH]ccc12)[C@H]1C[C@@H](NS(=O)(=O)N2C[C@H]3C[C@@]3(C#N)C2)C1. The first kappa shape index (κ1) is 16.9. The van der Waals surface area contributed by atoms with Crippen molar-refractivity contribution in [1.82, 2.24) is 24.0 Å². The molecule has 2 atom stereocenters. The van der Waals surface area contributed by atoms with Gasteiger partial charge in [0.15, 0.2) is 0 Å². The Balaban J connectivity index is 1.21. The van der Waals surface area contributed by atoms with Crippen LogP contribution in [0.2, 0.25) is 0 Å². The van der Waals surface area contributed by atoms with Crippen LogP contribution in [0.15, 0.2) is 18.6 Å². The van der Waals surface area contributed by atoms with E-state index in [1.54, 1.807) is 0 Å². The molecule has 2 aliphatic carbocycles. The van der Waals surface area contributed by atoms with Gasteiger partial charge in [0, 0.05) is 38.4 Å². The quantitative estimate of drug-likeness (QED) is 0.776. The molecule has 0 radical (unpaired) electrons. The minimum Gasteiger partial charge on any atom is -0.356 e. The number of aromatic amines is 1. The molecule has 3 aliphatic rings. The standard InChI is InChI=1S/C17H21N7O2S/c1-23(16-14-2-3-19-15(14)20-10-21-16)13-4-12(5-13)22-27(25,26)24-7-11-6-17(11,8-18)9-24/h2-3,10-13,22H,4-7,9H2,1H3,(H,19,20,21)/t11-,12-,13+,17-/m1/s1. The second-order valence-corrected chi connectivity index (χ2v) is 9.66. The summed E-state index contributed by atoms with van der Waals surface area (Å²) in [5.74, 6) is 1.06. The number of fused-ring (bicyclic) bond motifs is 2. The number of aromatic nitrogens is 3. The number of anilines is 1. The first-order valence-electron chi connectivity index (χ1n) is 9.11. The van der Waals surface area contributed by atoms with Crippen LogP contribution in [0.25, 0.3) is 11.0 Å². The van der Waals surface area contributed by atoms with E-state index in [0.717, 1.165) is 36.1 Å². The van der Waals surface area contributed by atoms with Crippen LogP contribution in [-0.2, 0) is 10.2 Å². The third kappa shape index (κ3) is 2.61. The van der Waals surface area contributed by atoms with E-state index in [1.807, 2.05) is 19.3 Å². The summed E-state index contributed by atoms with van der Waals surface area (Å²) in [7, 11) is -1.55. The van der Waals surface area contributed by atoms with Crippen molar-refractivity contribution in [2.75, 3.05) is 25.0 Å². The Kier molecular flexibility index (Phi) is 3.53. The van der Waals surface area contributed by atoms with Gasteiger partial charge >= 0.3 is 0 Å². The molecule has 0 unspecified atom stereocenters. The van der Waals surface area contributed by atoms with E-state index in [0.29, 0.717) is 13.1 Å². The molecule has 0 aromatic carbocycles. The number of rotatable bonds is 5. The summed E-state index contributed by atoms with van der Waals surface area (Å²) in [6.07, 6.45) is 5.66. The first-order valence-corrected chi connectivity index (χ1v) is 10.6. The van der Waals surface area contributed by atoms with Crippen LogP contribution in [0.4, 0.5) is 5.82 Å². The molecule has 2 N–H and O–H groups in total. The molecule has 3 fully saturated rings. The fourth-order valence-electron chi connectivity index (χ4n) is 4.39. The van der Waals surface area contributed by atoms with Crippen LogP contribution >= 0.6 is 0 Å². The van der Waals surface area contributed by atoms with Gasteiger partial charge in [-0.2, -0.15) is 22.7 Å². The van der Waals surface area contributed by atoms with Crippen LogP contribution in [0, 0.1) is 22.7 Å². The number of piperidine rings is 1. The number of hydrogen-bond acceptors (Lipinski definition) is 6. The summed E-state index contributed by atoms with van der Waals surface area (Å²) in [6.45, 7) is 0.789. The van der Waals surface area contributed by atoms with E-state index in [4.69, 9.17) is 0 Å². The number of nitriles is 1. The van der Waals surface area contributed by atoms with Crippen molar-refractivity contribution in [3.8, 4) is 6.07 Å². The van der Waals surface area contributed by atoms with E-state index in [9.17, 15) is 13.7 Å². The van der Waals surface area contributed by atoms with Gasteiger partial charge in [0.05, 0.1) is 16.9 Å². The molecular weight excluding hydrogens is 366 g/mol. The van der Waals surface area contributed by atoms with Gasteiger partial charge in [0.25, 0.3) is 10.2 Å². The highest BCUT2D eigenvalue weighted by Crippen LogP contribution is 2.57. The molecule has 2 saturated carbocycles. The summed E-state index contributed by atoms with van der Waals surface area (Å²) >= 11 is 0. The molecule has 3 heterocycles. The summed E-state index contributed by atoms with van der Waals surface area (Å²) in [6, 6.07) is 4.39. The molecule has 2 aromatic rings. The van der Waals surface area contributed by atoms with Crippen LogP contribution in [0.1, 0.15) is 19.3 Å². The zero-order chi connectivity index (χ0) is 18.8. The van der Waals surface area contributed by atoms with Crippen molar-refractivity contribution in [2.45, 2.75) is 31.3 Å². The molecule has 9 nitrogen and oxygen atoms in total. The number of nitrogens with zero attached hydrogens (tertiary/aromatic N) is 5. The maximum atomic E-state index is 12.6. The lowest BCUT2D eigenvalue weighted by Gasteiger charge is -2.42. The summed E-state index contributed by atoms with van der Waals surface area (Å²) in [5, 5.41) is 10.2. The fourth-order valence-corrected chi connectivity index (χ4v) is 5.93. The van der Waals surface area contributed by atoms with Crippen molar-refractivity contribution < 1.29 is 8.42 Å². The average molecular weight is 387 g/mol. The second-order valence-electron chi connectivity index (χ2n) is 7.95. The van der Waals surface area contributed by atoms with Gasteiger partial charge in [-0.15, -0.1) is 0 Å². The van der Waals surface area contributed by atoms with E-state index in [2.05, 4.69) is 30.6 Å². The lowest BCUT2D eigenvalue weighted by molar-refractivity contribution is 0.306. The molecule has 0 amide bonds. The van der Waals surface area contributed by atoms with Crippen molar-refractivity contribution in [3.05, 3.63) is 18.6 Å². The minimum atomic E-state index is -3.53. The number of hydrogen-bond donors (Lipinski definition) is 2. The average Bonchev–Trinajstić information content (AvgIpc) is 2.98. The predicted octanol–water partition coefficient (Wildman–Crippen LogP) is 0.605. The van der Waals surface area contributed by atoms with E-state index in [-0.39, 0.29) is 18.0 Å². The van der Waals surface area contributed by atoms with Gasteiger partial charge in [-0.1, -0.05) is 0 Å². The normalized spacial score (nSPS) is 32.7. The summed E-state index contributed by atoms with van der Waals surface area (Å²) in [4.78, 5) is 13.8. The highest BCUT2D eigenvalue weighted by atomic mass is 32.2. The largest absolute Gasteiger partial charge is 0.356 e. The molecule has 5 rings (SSSR count). The van der Waals surface area contributed by atoms with Gasteiger partial charge in [-0.05, 0) is 31.2 Å². The Morgan fingerprint density at radius 3 is 3.00 bits per heavy atom. The Hall–Kier alpha value is -2.22. The topological polar surface area (TPSA) is 118 Å². The van der Waals surface area contributed by atoms with Crippen molar-refractivity contribution in [2.24, 2.45) is 11.3 Å². The molecule has 142 valence electrons. The van der Waals surface area contributed by atoms with Crippen LogP contribution in [0.5, 0.6) is 0 Å². The minimum absolute atomic E-state index is 0.0824. The predicted molar refractivity (Wildman–Crippen MR) is 98.9 cm³/mol. The maximum Gasteiger partial charge on any atom is 0.279 e. The van der Waals surface area contributed by atoms with Crippen molar-refractivity contribution in [3.63, 3.8) is 0 Å². The molecule has 27 heavy (non-hydrogen) atoms. The molecule has 1 aliphatic heterocycles. The Morgan fingerprint density at radius 2 is 2.26 bits per heavy atom. The molecule has 0 bridgehead atoms. The zero-order valence-electron chi connectivity index (χ0n) is 15.0. The fraction of sp³-hybridized carbons (Fsp3) is 0.588. The molecular formula is C17H21N7O2S. The van der Waals surface area contributed by atoms with E-state index < -0.39 is 15.6 Å². The Labute approximate surface area is 157 Å². The van der Waals surface area contributed by atoms with Crippen LogP contribution in [-0.4, -0.2) is 59.9 Å². The molecule has 10 heteroatoms. The van der Waals surface area contributed by atoms with Gasteiger partial charge in [0.2, 0.25) is 0 Å². The maximum absolute atomic E-state index is 12.6. The highest BCUT2D eigenvalue weighted by Gasteiger charge is 2.63. The molecule has 0 spiro atoms. The second kappa shape index (κ2) is 5.64. The molecule has 2 aromatic heterocycles. The monoisotopic (exact) mass is 387 g/mol. The lowest BCUT2D eigenvalue weighted by Crippen LogP contribution is -2.55. The van der Waals surface area contributed by atoms with Crippen molar-refractivity contribution >= 4 is 27.1 Å². The van der Waals surface area contributed by atoms with Crippen LogP contribution < -0.4 is 9.62 Å². The summed E-state index contributed by atoms with van der Waals surface area (Å²) < 4.78 is 29.5.